The number of anilines is 2. The molecule has 2 aromatic rings. The number of nitrogens with zero attached hydrogens (tertiary/aromatic N) is 6. The fraction of sp³-hybridized carbons (Fsp3) is 0.739. The van der Waals surface area contributed by atoms with E-state index >= 15 is 0 Å². The largest absolute Gasteiger partial charge is 0.393 e. The number of hydrogen-bond acceptors (Lipinski definition) is 8. The van der Waals surface area contributed by atoms with Gasteiger partial charge in [0.2, 0.25) is 11.8 Å². The van der Waals surface area contributed by atoms with Crippen molar-refractivity contribution >= 4 is 69.9 Å². The average Bonchev–Trinajstić information content (AvgIpc) is 3.70. The van der Waals surface area contributed by atoms with Crippen LogP contribution in [0.25, 0.3) is 0 Å². The molecule has 8 bridgehead atoms. The van der Waals surface area contributed by atoms with Crippen molar-refractivity contribution in [1.29, 1.82) is 0 Å². The van der Waals surface area contributed by atoms with Gasteiger partial charge in [-0.25, -0.2) is 9.97 Å². The Morgan fingerprint density at radius 3 is 1.30 bits per heavy atom. The average molecular weight is 901 g/mol. The van der Waals surface area contributed by atoms with Gasteiger partial charge in [0.05, 0.1) is 43.1 Å². The first kappa shape index (κ1) is 40.7. The number of rotatable bonds is 4. The van der Waals surface area contributed by atoms with Crippen molar-refractivity contribution in [2.24, 2.45) is 46.3 Å². The summed E-state index contributed by atoms with van der Waals surface area (Å²) in [5.41, 5.74) is -0.667. The summed E-state index contributed by atoms with van der Waals surface area (Å²) in [6, 6.07) is 3.46. The lowest BCUT2D eigenvalue weighted by Gasteiger charge is -2.61. The fourth-order valence-corrected chi connectivity index (χ4v) is 16.8. The molecule has 0 radical (unpaired) electrons. The van der Waals surface area contributed by atoms with Gasteiger partial charge in [0.25, 0.3) is 0 Å². The van der Waals surface area contributed by atoms with Crippen molar-refractivity contribution in [1.82, 2.24) is 19.8 Å². The summed E-state index contributed by atoms with van der Waals surface area (Å²) in [7, 11) is 0. The van der Waals surface area contributed by atoms with E-state index in [1.165, 1.54) is 0 Å². The molecule has 12 aliphatic rings. The normalized spacial score (nSPS) is 42.6. The SMILES string of the molecule is O=C1N(C23CC4CC(C2)C(O)C(C4)C3)CC[C@@]12CCCN(c1ncc(Cl)cc1Cl)C2.O=C1N(C23CC4CC(C2)C(O)C(C4)C3)CC[C@@]12CCCN(c1ncc(Cl)cc1Cl)C2. The molecule has 0 aromatic carbocycles. The first-order valence-electron chi connectivity index (χ1n) is 22.9. The number of hydrogen-bond donors (Lipinski definition) is 2. The number of pyridine rings is 2. The number of aromatic nitrogens is 2. The van der Waals surface area contributed by atoms with Gasteiger partial charge in [-0.15, -0.1) is 0 Å². The highest BCUT2D eigenvalue weighted by Gasteiger charge is 2.64. The van der Waals surface area contributed by atoms with Gasteiger partial charge in [-0.05, 0) is 150 Å². The Hall–Kier alpha value is -2.08. The summed E-state index contributed by atoms with van der Waals surface area (Å²) >= 11 is 24.9. The van der Waals surface area contributed by atoms with Crippen molar-refractivity contribution in [2.75, 3.05) is 49.1 Å². The number of amides is 2. The van der Waals surface area contributed by atoms with Crippen LogP contribution in [-0.2, 0) is 9.59 Å². The molecule has 60 heavy (non-hydrogen) atoms. The number of carbonyl (C=O) groups excluding carboxylic acids is 2. The highest BCUT2D eigenvalue weighted by Crippen LogP contribution is 2.61. The molecule has 4 saturated heterocycles. The smallest absolute Gasteiger partial charge is 0.231 e. The minimum Gasteiger partial charge on any atom is -0.393 e. The molecule has 324 valence electrons. The molecule has 6 heterocycles. The third-order valence-corrected chi connectivity index (χ3v) is 18.9. The molecule has 14 heteroatoms. The maximum Gasteiger partial charge on any atom is 0.231 e. The lowest BCUT2D eigenvalue weighted by atomic mass is 9.51. The van der Waals surface area contributed by atoms with Gasteiger partial charge in [-0.3, -0.25) is 9.59 Å². The Bertz CT molecular complexity index is 1900. The molecular weight excluding hydrogens is 842 g/mol. The molecule has 14 rings (SSSR count). The minimum atomic E-state index is -0.329. The Balaban J connectivity index is 0.000000136. The number of piperidine rings is 2. The third kappa shape index (κ3) is 6.43. The van der Waals surface area contributed by atoms with Crippen LogP contribution < -0.4 is 9.80 Å². The van der Waals surface area contributed by atoms with Crippen molar-refractivity contribution in [3.63, 3.8) is 0 Å². The fourth-order valence-electron chi connectivity index (χ4n) is 15.8. The quantitative estimate of drug-likeness (QED) is 0.316. The Labute approximate surface area is 373 Å². The molecule has 10 nitrogen and oxygen atoms in total. The summed E-state index contributed by atoms with van der Waals surface area (Å²) < 4.78 is 0. The predicted molar refractivity (Wildman–Crippen MR) is 234 cm³/mol. The Morgan fingerprint density at radius 2 is 0.933 bits per heavy atom. The number of halogens is 4. The van der Waals surface area contributed by atoms with E-state index in [2.05, 4.69) is 29.6 Å². The van der Waals surface area contributed by atoms with E-state index in [1.807, 2.05) is 0 Å². The second-order valence-electron chi connectivity index (χ2n) is 21.3. The zero-order chi connectivity index (χ0) is 41.3. The van der Waals surface area contributed by atoms with Crippen LogP contribution in [0.1, 0.15) is 103 Å². The van der Waals surface area contributed by atoms with Crippen LogP contribution in [0.15, 0.2) is 24.5 Å². The standard InChI is InChI=1S/2C23H29Cl2N3O2/c2*24-17-8-18(25)20(26-12-17)27-4-1-2-22(13-27)3-5-28(21(22)30)23-9-14-6-15(10-23)19(29)16(7-14)11-23/h2*8,12,14-16,19,29H,1-7,9-11,13H2/t2*14?,15?,16?,19?,22-,23?/m11/s1. The number of aliphatic hydroxyl groups excluding tert-OH is 2. The number of aliphatic hydroxyl groups is 2. The van der Waals surface area contributed by atoms with Gasteiger partial charge in [0.1, 0.15) is 11.6 Å². The second kappa shape index (κ2) is 14.7. The highest BCUT2D eigenvalue weighted by atomic mass is 35.5. The summed E-state index contributed by atoms with van der Waals surface area (Å²) in [6.07, 6.45) is 19.5. The van der Waals surface area contributed by atoms with Gasteiger partial charge >= 0.3 is 0 Å². The van der Waals surface area contributed by atoms with Crippen LogP contribution >= 0.6 is 46.4 Å². The molecule has 8 saturated carbocycles. The molecule has 2 spiro atoms. The molecule has 4 unspecified atom stereocenters. The van der Waals surface area contributed by atoms with Crippen LogP contribution in [0, 0.1) is 46.3 Å². The van der Waals surface area contributed by atoms with Gasteiger partial charge in [0.15, 0.2) is 0 Å². The van der Waals surface area contributed by atoms with E-state index < -0.39 is 0 Å². The summed E-state index contributed by atoms with van der Waals surface area (Å²) in [5.74, 6) is 5.10. The summed E-state index contributed by atoms with van der Waals surface area (Å²) in [5, 5.41) is 23.5. The molecule has 4 aliphatic heterocycles. The molecule has 2 N–H and O–H groups in total. The Morgan fingerprint density at radius 1 is 0.550 bits per heavy atom. The lowest BCUT2D eigenvalue weighted by molar-refractivity contribution is -0.168. The Kier molecular flexibility index (Phi) is 9.99. The lowest BCUT2D eigenvalue weighted by Crippen LogP contribution is -2.65. The van der Waals surface area contributed by atoms with E-state index in [9.17, 15) is 19.8 Å². The molecule has 2 aromatic heterocycles. The van der Waals surface area contributed by atoms with Gasteiger partial charge in [-0.2, -0.15) is 0 Å². The topological polar surface area (TPSA) is 113 Å². The molecular formula is C46H58Cl4N6O4. The van der Waals surface area contributed by atoms with Crippen LogP contribution in [0.5, 0.6) is 0 Å². The zero-order valence-corrected chi connectivity index (χ0v) is 37.4. The van der Waals surface area contributed by atoms with Gasteiger partial charge < -0.3 is 29.8 Å². The second-order valence-corrected chi connectivity index (χ2v) is 23.0. The van der Waals surface area contributed by atoms with Crippen molar-refractivity contribution < 1.29 is 19.8 Å². The first-order chi connectivity index (χ1) is 28.8. The first-order valence-corrected chi connectivity index (χ1v) is 24.4. The van der Waals surface area contributed by atoms with E-state index in [4.69, 9.17) is 46.4 Å². The maximum absolute atomic E-state index is 14.0. The van der Waals surface area contributed by atoms with Crippen LogP contribution in [0.3, 0.4) is 0 Å². The summed E-state index contributed by atoms with van der Waals surface area (Å²) in [6.45, 7) is 4.82. The van der Waals surface area contributed by atoms with E-state index in [1.54, 1.807) is 24.5 Å². The third-order valence-electron chi connectivity index (χ3n) is 17.9. The van der Waals surface area contributed by atoms with Crippen LogP contribution in [0.4, 0.5) is 11.6 Å². The maximum atomic E-state index is 14.0. The monoisotopic (exact) mass is 898 g/mol. The summed E-state index contributed by atoms with van der Waals surface area (Å²) in [4.78, 5) is 45.8. The minimum absolute atomic E-state index is 0.00520. The van der Waals surface area contributed by atoms with Crippen LogP contribution in [0.2, 0.25) is 20.1 Å². The van der Waals surface area contributed by atoms with Gasteiger partial charge in [0, 0.05) is 62.7 Å². The van der Waals surface area contributed by atoms with Crippen molar-refractivity contribution in [2.45, 2.75) is 126 Å². The zero-order valence-electron chi connectivity index (χ0n) is 34.4. The molecule has 12 fully saturated rings. The van der Waals surface area contributed by atoms with E-state index in [-0.39, 0.29) is 34.1 Å². The van der Waals surface area contributed by atoms with E-state index in [0.717, 1.165) is 141 Å². The number of carbonyl (C=O) groups is 2. The van der Waals surface area contributed by atoms with Crippen molar-refractivity contribution in [3.05, 3.63) is 44.6 Å². The molecule has 2 amide bonds. The predicted octanol–water partition coefficient (Wildman–Crippen LogP) is 8.29. The van der Waals surface area contributed by atoms with Gasteiger partial charge in [-0.1, -0.05) is 46.4 Å². The number of likely N-dealkylation sites (tertiary alicyclic amines) is 2. The highest BCUT2D eigenvalue weighted by molar-refractivity contribution is 6.36. The molecule has 8 aliphatic carbocycles. The van der Waals surface area contributed by atoms with Crippen LogP contribution in [-0.4, -0.2) is 104 Å². The van der Waals surface area contributed by atoms with E-state index in [0.29, 0.717) is 80.5 Å². The van der Waals surface area contributed by atoms with Crippen molar-refractivity contribution in [3.8, 4) is 0 Å². The molecule has 6 atom stereocenters.